The highest BCUT2D eigenvalue weighted by Crippen LogP contribution is 2.44. The van der Waals surface area contributed by atoms with Gasteiger partial charge < -0.3 is 14.6 Å². The predicted molar refractivity (Wildman–Crippen MR) is 140 cm³/mol. The first-order valence-corrected chi connectivity index (χ1v) is 13.8. The lowest BCUT2D eigenvalue weighted by Crippen LogP contribution is -2.26. The molecule has 1 aliphatic rings. The maximum absolute atomic E-state index is 13.8. The van der Waals surface area contributed by atoms with Crippen LogP contribution in [0.5, 0.6) is 5.75 Å². The summed E-state index contributed by atoms with van der Waals surface area (Å²) in [6.07, 6.45) is 2.87. The molecular formula is C26H30FN5O2S2. The average molecular weight is 528 g/mol. The molecule has 1 N–H and O–H groups in total. The van der Waals surface area contributed by atoms with Crippen LogP contribution in [-0.2, 0) is 30.8 Å². The van der Waals surface area contributed by atoms with Crippen LogP contribution < -0.4 is 10.1 Å². The number of nitrogens with one attached hydrogen (secondary N) is 1. The quantitative estimate of drug-likeness (QED) is 0.371. The van der Waals surface area contributed by atoms with Crippen LogP contribution in [0.1, 0.15) is 55.9 Å². The number of nitrogens with zero attached hydrogens (tertiary/aromatic N) is 4. The number of ether oxygens (including phenoxy) is 1. The van der Waals surface area contributed by atoms with Gasteiger partial charge in [-0.25, -0.2) is 4.39 Å². The van der Waals surface area contributed by atoms with E-state index in [4.69, 9.17) is 4.74 Å². The zero-order chi connectivity index (χ0) is 25.9. The van der Waals surface area contributed by atoms with Gasteiger partial charge in [-0.1, -0.05) is 44.7 Å². The van der Waals surface area contributed by atoms with Gasteiger partial charge in [-0.05, 0) is 55.2 Å². The van der Waals surface area contributed by atoms with Gasteiger partial charge in [0, 0.05) is 11.4 Å². The zero-order valence-corrected chi connectivity index (χ0v) is 22.6. The van der Waals surface area contributed by atoms with Gasteiger partial charge in [-0.3, -0.25) is 4.79 Å². The van der Waals surface area contributed by atoms with Crippen LogP contribution >= 0.6 is 23.1 Å². The van der Waals surface area contributed by atoms with E-state index in [9.17, 15) is 14.4 Å². The molecule has 10 heteroatoms. The molecule has 0 fully saturated rings. The summed E-state index contributed by atoms with van der Waals surface area (Å²) in [6, 6.07) is 8.51. The van der Waals surface area contributed by atoms with Crippen molar-refractivity contribution < 1.29 is 13.9 Å². The maximum Gasteiger partial charge on any atom is 0.235 e. The number of fused-ring (bicyclic) bond motifs is 1. The number of rotatable bonds is 8. The molecule has 0 saturated heterocycles. The minimum absolute atomic E-state index is 0.0658. The third kappa shape index (κ3) is 5.73. The van der Waals surface area contributed by atoms with E-state index in [1.54, 1.807) is 18.2 Å². The molecule has 7 nitrogen and oxygen atoms in total. The van der Waals surface area contributed by atoms with Crippen molar-refractivity contribution in [3.8, 4) is 11.8 Å². The molecule has 4 rings (SSSR count). The molecular weight excluding hydrogens is 497 g/mol. The van der Waals surface area contributed by atoms with Crippen LogP contribution in [0.25, 0.3) is 0 Å². The molecule has 36 heavy (non-hydrogen) atoms. The van der Waals surface area contributed by atoms with Gasteiger partial charge in [0.2, 0.25) is 5.91 Å². The molecule has 1 aromatic carbocycles. The molecule has 1 atom stereocenters. The number of halogens is 1. The largest absolute Gasteiger partial charge is 0.483 e. The number of para-hydroxylation sites is 1. The number of nitriles is 1. The molecule has 0 aliphatic heterocycles. The third-order valence-corrected chi connectivity index (χ3v) is 8.63. The van der Waals surface area contributed by atoms with E-state index in [2.05, 4.69) is 42.4 Å². The highest BCUT2D eigenvalue weighted by Gasteiger charge is 2.32. The molecule has 2 aromatic heterocycles. The Labute approximate surface area is 219 Å². The van der Waals surface area contributed by atoms with E-state index in [0.717, 1.165) is 24.8 Å². The van der Waals surface area contributed by atoms with E-state index >= 15 is 0 Å². The molecule has 190 valence electrons. The molecule has 0 unspecified atom stereocenters. The molecule has 1 amide bonds. The van der Waals surface area contributed by atoms with Gasteiger partial charge in [0.15, 0.2) is 22.5 Å². The Morgan fingerprint density at radius 2 is 2.14 bits per heavy atom. The highest BCUT2D eigenvalue weighted by atomic mass is 32.2. The number of hydrogen-bond donors (Lipinski definition) is 1. The highest BCUT2D eigenvalue weighted by molar-refractivity contribution is 7.99. The van der Waals surface area contributed by atoms with Crippen LogP contribution in [0.4, 0.5) is 9.39 Å². The molecule has 3 aromatic rings. The van der Waals surface area contributed by atoms with Crippen LogP contribution in [0, 0.1) is 28.5 Å². The molecule has 2 heterocycles. The number of anilines is 1. The number of amides is 1. The fraction of sp³-hybridized carbons (Fsp3) is 0.462. The van der Waals surface area contributed by atoms with Crippen molar-refractivity contribution >= 4 is 34.0 Å². The summed E-state index contributed by atoms with van der Waals surface area (Å²) in [6.45, 7) is 9.37. The lowest BCUT2D eigenvalue weighted by Gasteiger charge is -2.33. The van der Waals surface area contributed by atoms with Gasteiger partial charge in [0.1, 0.15) is 17.7 Å². The Morgan fingerprint density at radius 1 is 1.36 bits per heavy atom. The van der Waals surface area contributed by atoms with E-state index in [1.165, 1.54) is 34.0 Å². The summed E-state index contributed by atoms with van der Waals surface area (Å²) < 4.78 is 21.2. The number of thioether (sulfide) groups is 1. The second kappa shape index (κ2) is 11.0. The summed E-state index contributed by atoms with van der Waals surface area (Å²) in [5, 5.41) is 22.3. The number of hydrogen-bond acceptors (Lipinski definition) is 7. The lowest BCUT2D eigenvalue weighted by atomic mass is 9.72. The summed E-state index contributed by atoms with van der Waals surface area (Å²) >= 11 is 2.80. The van der Waals surface area contributed by atoms with Crippen molar-refractivity contribution in [3.05, 3.63) is 51.9 Å². The zero-order valence-electron chi connectivity index (χ0n) is 20.9. The number of aromatic nitrogens is 3. The monoisotopic (exact) mass is 527 g/mol. The third-order valence-electron chi connectivity index (χ3n) is 6.49. The number of benzene rings is 1. The Balaban J connectivity index is 1.39. The molecule has 0 bridgehead atoms. The van der Waals surface area contributed by atoms with Crippen molar-refractivity contribution in [2.24, 2.45) is 11.3 Å². The van der Waals surface area contributed by atoms with Crippen molar-refractivity contribution in [3.63, 3.8) is 0 Å². The predicted octanol–water partition coefficient (Wildman–Crippen LogP) is 5.83. The lowest BCUT2D eigenvalue weighted by molar-refractivity contribution is -0.113. The van der Waals surface area contributed by atoms with Gasteiger partial charge in [0.25, 0.3) is 0 Å². The van der Waals surface area contributed by atoms with Crippen molar-refractivity contribution in [1.82, 2.24) is 14.8 Å². The van der Waals surface area contributed by atoms with Crippen molar-refractivity contribution in [1.29, 1.82) is 5.26 Å². The van der Waals surface area contributed by atoms with E-state index in [0.29, 0.717) is 34.0 Å². The minimum atomic E-state index is -0.438. The smallest absolute Gasteiger partial charge is 0.235 e. The summed E-state index contributed by atoms with van der Waals surface area (Å²) in [7, 11) is 0. The number of thiophene rings is 1. The molecule has 0 spiro atoms. The fourth-order valence-corrected chi connectivity index (χ4v) is 6.49. The van der Waals surface area contributed by atoms with Crippen molar-refractivity contribution in [2.45, 2.75) is 65.3 Å². The van der Waals surface area contributed by atoms with Crippen molar-refractivity contribution in [2.75, 3.05) is 11.1 Å². The molecule has 0 radical (unpaired) electrons. The first-order valence-electron chi connectivity index (χ1n) is 12.0. The van der Waals surface area contributed by atoms with E-state index in [-0.39, 0.29) is 29.4 Å². The minimum Gasteiger partial charge on any atom is -0.483 e. The Kier molecular flexibility index (Phi) is 8.00. The molecule has 1 aliphatic carbocycles. The fourth-order valence-electron chi connectivity index (χ4n) is 4.38. The van der Waals surface area contributed by atoms with Crippen LogP contribution in [0.2, 0.25) is 0 Å². The van der Waals surface area contributed by atoms with E-state index < -0.39 is 5.82 Å². The number of carbonyl (C=O) groups is 1. The summed E-state index contributed by atoms with van der Waals surface area (Å²) in [5.41, 5.74) is 1.91. The topological polar surface area (TPSA) is 92.8 Å². The Morgan fingerprint density at radius 3 is 2.83 bits per heavy atom. The van der Waals surface area contributed by atoms with E-state index in [1.807, 2.05) is 11.5 Å². The summed E-state index contributed by atoms with van der Waals surface area (Å²) in [4.78, 5) is 14.0. The number of carbonyl (C=O) groups excluding carboxylic acids is 1. The maximum atomic E-state index is 13.8. The Hall–Kier alpha value is -2.90. The molecule has 0 saturated carbocycles. The van der Waals surface area contributed by atoms with Gasteiger partial charge >= 0.3 is 0 Å². The van der Waals surface area contributed by atoms with Crippen LogP contribution in [-0.4, -0.2) is 26.4 Å². The second-order valence-corrected chi connectivity index (χ2v) is 11.9. The van der Waals surface area contributed by atoms with Gasteiger partial charge in [-0.2, -0.15) is 5.26 Å². The second-order valence-electron chi connectivity index (χ2n) is 9.82. The van der Waals surface area contributed by atoms with Crippen LogP contribution in [0.15, 0.2) is 29.4 Å². The normalized spacial score (nSPS) is 15.3. The first-order chi connectivity index (χ1) is 17.2. The average Bonchev–Trinajstić information content (AvgIpc) is 3.40. The summed E-state index contributed by atoms with van der Waals surface area (Å²) in [5.74, 6) is 0.757. The SMILES string of the molecule is CCn1c(COc2ccccc2F)nnc1SCC(=O)Nc1sc2c(c1C#N)CC[C@H](C(C)(C)C)C2. The first kappa shape index (κ1) is 26.2. The Bertz CT molecular complexity index is 1290. The van der Waals surface area contributed by atoms with Gasteiger partial charge in [-0.15, -0.1) is 21.5 Å². The van der Waals surface area contributed by atoms with Crippen LogP contribution in [0.3, 0.4) is 0 Å². The standard InChI is InChI=1S/C26H30FN5O2S2/c1-5-32-22(14-34-20-9-7-6-8-19(20)27)30-31-25(32)35-15-23(33)29-24-18(13-28)17-11-10-16(26(2,3)4)12-21(17)36-24/h6-9,16H,5,10-12,14-15H2,1-4H3,(H,29,33)/t16-/m0/s1. The van der Waals surface area contributed by atoms with Gasteiger partial charge in [0.05, 0.1) is 11.3 Å².